The van der Waals surface area contributed by atoms with Gasteiger partial charge in [0.1, 0.15) is 5.75 Å². The summed E-state index contributed by atoms with van der Waals surface area (Å²) in [5, 5.41) is 2.65. The first kappa shape index (κ1) is 20.4. The van der Waals surface area contributed by atoms with Crippen LogP contribution in [0.15, 0.2) is 48.5 Å². The second-order valence-corrected chi connectivity index (χ2v) is 8.17. The molecular formula is C19H21NO6S. The normalized spacial score (nSPS) is 12.1. The molecule has 0 bridgehead atoms. The first-order valence-corrected chi connectivity index (χ1v) is 10.2. The average molecular weight is 391 g/mol. The largest absolute Gasteiger partial charge is 0.497 e. The van der Waals surface area contributed by atoms with E-state index in [2.05, 4.69) is 5.32 Å². The molecule has 1 atom stereocenters. The van der Waals surface area contributed by atoms with E-state index in [4.69, 9.17) is 9.47 Å². The summed E-state index contributed by atoms with van der Waals surface area (Å²) in [6, 6.07) is 12.8. The number of carbonyl (C=O) groups excluding carboxylic acids is 2. The number of esters is 1. The molecule has 0 aliphatic rings. The molecule has 0 heterocycles. The van der Waals surface area contributed by atoms with E-state index in [0.717, 1.165) is 6.26 Å². The molecule has 1 N–H and O–H groups in total. The monoisotopic (exact) mass is 391 g/mol. The van der Waals surface area contributed by atoms with Crippen molar-refractivity contribution in [1.82, 2.24) is 0 Å². The molecule has 1 amide bonds. The molecule has 0 saturated heterocycles. The predicted molar refractivity (Wildman–Crippen MR) is 101 cm³/mol. The van der Waals surface area contributed by atoms with E-state index < -0.39 is 27.8 Å². The lowest BCUT2D eigenvalue weighted by molar-refractivity contribution is -0.123. The number of nitrogens with one attached hydrogen (secondary N) is 1. The van der Waals surface area contributed by atoms with Crippen molar-refractivity contribution in [2.24, 2.45) is 0 Å². The summed E-state index contributed by atoms with van der Waals surface area (Å²) in [4.78, 5) is 24.3. The van der Waals surface area contributed by atoms with Crippen LogP contribution in [0, 0.1) is 0 Å². The summed E-state index contributed by atoms with van der Waals surface area (Å²) < 4.78 is 32.8. The topological polar surface area (TPSA) is 98.8 Å². The van der Waals surface area contributed by atoms with Crippen LogP contribution in [0.3, 0.4) is 0 Å². The highest BCUT2D eigenvalue weighted by Gasteiger charge is 2.19. The summed E-state index contributed by atoms with van der Waals surface area (Å²) >= 11 is 0. The minimum Gasteiger partial charge on any atom is -0.497 e. The fourth-order valence-electron chi connectivity index (χ4n) is 2.24. The molecule has 2 aromatic carbocycles. The highest BCUT2D eigenvalue weighted by Crippen LogP contribution is 2.16. The molecule has 144 valence electrons. The maximum absolute atomic E-state index is 12.2. The zero-order chi connectivity index (χ0) is 20.0. The molecule has 2 aromatic rings. The first-order valence-electron chi connectivity index (χ1n) is 8.10. The summed E-state index contributed by atoms with van der Waals surface area (Å²) in [6.45, 7) is 1.47. The molecule has 0 unspecified atom stereocenters. The van der Waals surface area contributed by atoms with Crippen molar-refractivity contribution in [3.05, 3.63) is 59.7 Å². The van der Waals surface area contributed by atoms with Crippen LogP contribution in [-0.4, -0.2) is 39.8 Å². The van der Waals surface area contributed by atoms with Crippen molar-refractivity contribution < 1.29 is 27.5 Å². The van der Waals surface area contributed by atoms with E-state index in [-0.39, 0.29) is 11.3 Å². The van der Waals surface area contributed by atoms with Crippen LogP contribution in [0.1, 0.15) is 22.8 Å². The van der Waals surface area contributed by atoms with Crippen molar-refractivity contribution >= 4 is 27.4 Å². The minimum absolute atomic E-state index is 0.108. The highest BCUT2D eigenvalue weighted by atomic mass is 32.2. The Morgan fingerprint density at radius 3 is 2.15 bits per heavy atom. The summed E-state index contributed by atoms with van der Waals surface area (Å²) in [6.07, 6.45) is 0.133. The fourth-order valence-corrected chi connectivity index (χ4v) is 3.04. The van der Waals surface area contributed by atoms with Crippen molar-refractivity contribution in [2.75, 3.05) is 18.7 Å². The van der Waals surface area contributed by atoms with Gasteiger partial charge in [0.05, 0.1) is 18.4 Å². The first-order chi connectivity index (χ1) is 12.7. The number of methoxy groups -OCH3 is 1. The van der Waals surface area contributed by atoms with Crippen LogP contribution in [0.5, 0.6) is 5.75 Å². The lowest BCUT2D eigenvalue weighted by atomic mass is 10.1. The molecule has 0 fully saturated rings. The Labute approximate surface area is 158 Å². The van der Waals surface area contributed by atoms with Crippen LogP contribution in [0.25, 0.3) is 0 Å². The summed E-state index contributed by atoms with van der Waals surface area (Å²) in [7, 11) is -1.61. The van der Waals surface area contributed by atoms with Crippen molar-refractivity contribution in [3.63, 3.8) is 0 Å². The minimum atomic E-state index is -3.15. The Bertz CT molecular complexity index is 904. The van der Waals surface area contributed by atoms with Gasteiger partial charge >= 0.3 is 5.97 Å². The maximum atomic E-state index is 12.2. The van der Waals surface area contributed by atoms with Gasteiger partial charge in [-0.2, -0.15) is 0 Å². The molecule has 2 rings (SSSR count). The Hall–Kier alpha value is -2.87. The van der Waals surface area contributed by atoms with Gasteiger partial charge in [-0.3, -0.25) is 4.79 Å². The number of anilines is 1. The zero-order valence-electron chi connectivity index (χ0n) is 15.3. The lowest BCUT2D eigenvalue weighted by Crippen LogP contribution is -2.30. The number of amides is 1. The second-order valence-electron chi connectivity index (χ2n) is 6.03. The highest BCUT2D eigenvalue weighted by molar-refractivity contribution is 7.89. The lowest BCUT2D eigenvalue weighted by Gasteiger charge is -2.14. The molecule has 27 heavy (non-hydrogen) atoms. The van der Waals surface area contributed by atoms with Gasteiger partial charge in [-0.15, -0.1) is 0 Å². The molecule has 0 aliphatic heterocycles. The number of carbonyl (C=O) groups is 2. The van der Waals surface area contributed by atoms with E-state index in [1.807, 2.05) is 0 Å². The Morgan fingerprint density at radius 1 is 1.04 bits per heavy atom. The van der Waals surface area contributed by atoms with E-state index in [1.165, 1.54) is 19.1 Å². The fraction of sp³-hybridized carbons (Fsp3) is 0.263. The smallest absolute Gasteiger partial charge is 0.338 e. The van der Waals surface area contributed by atoms with Gasteiger partial charge in [0, 0.05) is 11.9 Å². The molecule has 7 nitrogen and oxygen atoms in total. The number of benzene rings is 2. The van der Waals surface area contributed by atoms with Gasteiger partial charge < -0.3 is 14.8 Å². The van der Waals surface area contributed by atoms with E-state index in [1.54, 1.807) is 43.5 Å². The number of sulfone groups is 1. The number of hydrogen-bond acceptors (Lipinski definition) is 6. The maximum Gasteiger partial charge on any atom is 0.338 e. The second kappa shape index (κ2) is 8.68. The summed E-state index contributed by atoms with van der Waals surface area (Å²) in [5.41, 5.74) is 1.35. The van der Waals surface area contributed by atoms with Gasteiger partial charge in [0.25, 0.3) is 5.91 Å². The van der Waals surface area contributed by atoms with Crippen molar-refractivity contribution in [3.8, 4) is 5.75 Å². The van der Waals surface area contributed by atoms with Gasteiger partial charge in [-0.1, -0.05) is 12.1 Å². The van der Waals surface area contributed by atoms with Gasteiger partial charge in [-0.05, 0) is 48.9 Å². The number of rotatable bonds is 7. The van der Waals surface area contributed by atoms with Crippen LogP contribution in [0.4, 0.5) is 5.69 Å². The van der Waals surface area contributed by atoms with Crippen LogP contribution in [-0.2, 0) is 25.1 Å². The zero-order valence-corrected chi connectivity index (χ0v) is 16.1. The molecular weight excluding hydrogens is 370 g/mol. The molecule has 0 spiro atoms. The van der Waals surface area contributed by atoms with Gasteiger partial charge in [0.2, 0.25) is 0 Å². The Balaban J connectivity index is 1.94. The van der Waals surface area contributed by atoms with E-state index in [9.17, 15) is 18.0 Å². The predicted octanol–water partition coefficient (Wildman–Crippen LogP) is 2.42. The number of ether oxygens (including phenoxy) is 2. The van der Waals surface area contributed by atoms with E-state index >= 15 is 0 Å². The molecule has 0 aromatic heterocycles. The van der Waals surface area contributed by atoms with Crippen molar-refractivity contribution in [1.29, 1.82) is 0 Å². The molecule has 0 aliphatic carbocycles. The van der Waals surface area contributed by atoms with Crippen molar-refractivity contribution in [2.45, 2.75) is 18.8 Å². The third kappa shape index (κ3) is 6.41. The molecule has 0 saturated carbocycles. The summed E-state index contributed by atoms with van der Waals surface area (Å²) in [5.74, 6) is -0.587. The SMILES string of the molecule is COc1ccc(NC(=O)[C@H](C)OC(=O)c2ccc(CS(C)(=O)=O)cc2)cc1. The average Bonchev–Trinajstić information content (AvgIpc) is 2.61. The van der Waals surface area contributed by atoms with E-state index in [0.29, 0.717) is 17.0 Å². The third-order valence-corrected chi connectivity index (χ3v) is 4.49. The standard InChI is InChI=1S/C19H21NO6S/c1-13(18(21)20-16-8-10-17(25-2)11-9-16)26-19(22)15-6-4-14(5-7-15)12-27(3,23)24/h4-11,13H,12H2,1-3H3,(H,20,21)/t13-/m0/s1. The number of hydrogen-bond donors (Lipinski definition) is 1. The van der Waals surface area contributed by atoms with Gasteiger partial charge in [0.15, 0.2) is 15.9 Å². The third-order valence-electron chi connectivity index (χ3n) is 3.63. The molecule has 8 heteroatoms. The van der Waals surface area contributed by atoms with Crippen LogP contribution < -0.4 is 10.1 Å². The van der Waals surface area contributed by atoms with Gasteiger partial charge in [-0.25, -0.2) is 13.2 Å². The Morgan fingerprint density at radius 2 is 1.63 bits per heavy atom. The quantitative estimate of drug-likeness (QED) is 0.728. The van der Waals surface area contributed by atoms with Crippen LogP contribution >= 0.6 is 0 Å². The Kier molecular flexibility index (Phi) is 6.57. The van der Waals surface area contributed by atoms with Crippen LogP contribution in [0.2, 0.25) is 0 Å². The molecule has 0 radical (unpaired) electrons.